The number of hydrogen-bond donors (Lipinski definition) is 1. The van der Waals surface area contributed by atoms with Crippen LogP contribution >= 0.6 is 11.3 Å². The molecular weight excluding hydrogens is 456 g/mol. The van der Waals surface area contributed by atoms with E-state index in [0.29, 0.717) is 22.2 Å². The Morgan fingerprint density at radius 3 is 2.47 bits per heavy atom. The fourth-order valence-electron chi connectivity index (χ4n) is 4.16. The SMILES string of the molecule is COC(=O)c1sc(N2C(=O)c3oc4cc(C)c(C)cc4c(=O)c3[C@H]2c2ccc(O)cc2)nc1C. The van der Waals surface area contributed by atoms with Gasteiger partial charge in [-0.05, 0) is 61.7 Å². The van der Waals surface area contributed by atoms with Crippen LogP contribution in [0, 0.1) is 20.8 Å². The van der Waals surface area contributed by atoms with Crippen molar-refractivity contribution in [2.75, 3.05) is 12.0 Å². The molecule has 0 aliphatic carbocycles. The van der Waals surface area contributed by atoms with Crippen LogP contribution < -0.4 is 10.3 Å². The van der Waals surface area contributed by atoms with Crippen LogP contribution in [0.25, 0.3) is 11.0 Å². The summed E-state index contributed by atoms with van der Waals surface area (Å²) in [5.41, 5.74) is 3.08. The summed E-state index contributed by atoms with van der Waals surface area (Å²) >= 11 is 1.01. The standard InChI is InChI=1S/C25H20N2O6S/c1-11-9-16-17(10-12(11)2)33-21-18(20(16)29)19(14-5-7-15(28)8-6-14)27(23(21)30)25-26-13(3)22(34-25)24(31)32-4/h5-10,19,28H,1-4H3/t19-/m1/s1. The number of thiazole rings is 1. The maximum atomic E-state index is 13.7. The van der Waals surface area contributed by atoms with E-state index >= 15 is 0 Å². The lowest BCUT2D eigenvalue weighted by molar-refractivity contribution is 0.0605. The second-order valence-electron chi connectivity index (χ2n) is 8.18. The number of hydrogen-bond acceptors (Lipinski definition) is 8. The van der Waals surface area contributed by atoms with Crippen molar-refractivity contribution in [2.24, 2.45) is 0 Å². The Morgan fingerprint density at radius 2 is 1.79 bits per heavy atom. The van der Waals surface area contributed by atoms with Gasteiger partial charge in [0.05, 0.1) is 29.8 Å². The van der Waals surface area contributed by atoms with E-state index in [1.54, 1.807) is 31.2 Å². The fourth-order valence-corrected chi connectivity index (χ4v) is 5.18. The van der Waals surface area contributed by atoms with Crippen LogP contribution in [0.2, 0.25) is 0 Å². The molecule has 1 aliphatic rings. The van der Waals surface area contributed by atoms with Gasteiger partial charge in [-0.1, -0.05) is 23.5 Å². The predicted molar refractivity (Wildman–Crippen MR) is 127 cm³/mol. The topological polar surface area (TPSA) is 110 Å². The van der Waals surface area contributed by atoms with Crippen molar-refractivity contribution in [3.05, 3.63) is 85.2 Å². The Kier molecular flexibility index (Phi) is 5.02. The molecule has 4 aromatic rings. The Morgan fingerprint density at radius 1 is 1.12 bits per heavy atom. The molecule has 172 valence electrons. The van der Waals surface area contributed by atoms with Crippen molar-refractivity contribution >= 4 is 39.3 Å². The third-order valence-electron chi connectivity index (χ3n) is 6.06. The molecule has 1 amide bonds. The highest BCUT2D eigenvalue weighted by atomic mass is 32.1. The van der Waals surface area contributed by atoms with E-state index < -0.39 is 17.9 Å². The number of aryl methyl sites for hydroxylation is 3. The molecular formula is C25H20N2O6S. The number of phenolic OH excluding ortho intramolecular Hbond substituents is 1. The van der Waals surface area contributed by atoms with E-state index in [9.17, 15) is 19.5 Å². The molecule has 1 atom stereocenters. The summed E-state index contributed by atoms with van der Waals surface area (Å²) in [6, 6.07) is 8.92. The number of phenols is 1. The van der Waals surface area contributed by atoms with Gasteiger partial charge in [0.2, 0.25) is 5.76 Å². The average Bonchev–Trinajstić information content (AvgIpc) is 3.33. The van der Waals surface area contributed by atoms with Crippen LogP contribution in [0.4, 0.5) is 5.13 Å². The van der Waals surface area contributed by atoms with Crippen molar-refractivity contribution in [2.45, 2.75) is 26.8 Å². The number of methoxy groups -OCH3 is 1. The van der Waals surface area contributed by atoms with Gasteiger partial charge in [0.1, 0.15) is 16.2 Å². The zero-order chi connectivity index (χ0) is 24.3. The van der Waals surface area contributed by atoms with Crippen molar-refractivity contribution in [3.8, 4) is 5.75 Å². The molecule has 34 heavy (non-hydrogen) atoms. The molecule has 2 aromatic carbocycles. The van der Waals surface area contributed by atoms with E-state index in [1.165, 1.54) is 24.1 Å². The molecule has 1 aliphatic heterocycles. The first-order valence-corrected chi connectivity index (χ1v) is 11.3. The first-order valence-electron chi connectivity index (χ1n) is 10.5. The molecule has 3 heterocycles. The van der Waals surface area contributed by atoms with E-state index in [1.807, 2.05) is 13.8 Å². The molecule has 0 saturated heterocycles. The average molecular weight is 477 g/mol. The molecule has 0 spiro atoms. The van der Waals surface area contributed by atoms with E-state index in [-0.39, 0.29) is 32.5 Å². The summed E-state index contributed by atoms with van der Waals surface area (Å²) in [6.45, 7) is 5.46. The second-order valence-corrected chi connectivity index (χ2v) is 9.16. The molecule has 5 rings (SSSR count). The Hall–Kier alpha value is -3.98. The van der Waals surface area contributed by atoms with Crippen molar-refractivity contribution < 1.29 is 23.8 Å². The molecule has 1 N–H and O–H groups in total. The maximum Gasteiger partial charge on any atom is 0.350 e. The number of rotatable bonds is 3. The minimum Gasteiger partial charge on any atom is -0.508 e. The number of ether oxygens (including phenoxy) is 1. The number of fused-ring (bicyclic) bond motifs is 2. The summed E-state index contributed by atoms with van der Waals surface area (Å²) < 4.78 is 10.8. The van der Waals surface area contributed by atoms with Gasteiger partial charge < -0.3 is 14.3 Å². The zero-order valence-electron chi connectivity index (χ0n) is 18.8. The lowest BCUT2D eigenvalue weighted by atomic mass is 9.97. The van der Waals surface area contributed by atoms with Crippen LogP contribution in [0.3, 0.4) is 0 Å². The molecule has 0 unspecified atom stereocenters. The smallest absolute Gasteiger partial charge is 0.350 e. The normalized spacial score (nSPS) is 15.1. The quantitative estimate of drug-likeness (QED) is 0.436. The third kappa shape index (κ3) is 3.19. The number of benzene rings is 2. The highest BCUT2D eigenvalue weighted by Gasteiger charge is 2.45. The van der Waals surface area contributed by atoms with Gasteiger partial charge in [0, 0.05) is 0 Å². The van der Waals surface area contributed by atoms with Gasteiger partial charge in [-0.3, -0.25) is 14.5 Å². The number of nitrogens with zero attached hydrogens (tertiary/aromatic N) is 2. The number of esters is 1. The molecule has 8 nitrogen and oxygen atoms in total. The molecule has 2 aromatic heterocycles. The monoisotopic (exact) mass is 476 g/mol. The van der Waals surface area contributed by atoms with Gasteiger partial charge >= 0.3 is 5.97 Å². The van der Waals surface area contributed by atoms with Crippen molar-refractivity contribution in [3.63, 3.8) is 0 Å². The van der Waals surface area contributed by atoms with Gasteiger partial charge in [0.15, 0.2) is 10.6 Å². The number of amides is 1. The van der Waals surface area contributed by atoms with Gasteiger partial charge in [-0.2, -0.15) is 0 Å². The van der Waals surface area contributed by atoms with Crippen LogP contribution in [0.15, 0.2) is 45.6 Å². The number of aromatic nitrogens is 1. The lowest BCUT2D eigenvalue weighted by Gasteiger charge is -2.22. The van der Waals surface area contributed by atoms with Crippen LogP contribution in [0.1, 0.15) is 54.2 Å². The van der Waals surface area contributed by atoms with Gasteiger partial charge in [0.25, 0.3) is 5.91 Å². The summed E-state index contributed by atoms with van der Waals surface area (Å²) in [5, 5.41) is 10.4. The molecule has 0 fully saturated rings. The molecule has 0 bridgehead atoms. The first kappa shape index (κ1) is 21.8. The summed E-state index contributed by atoms with van der Waals surface area (Å²) in [5.74, 6) is -1.10. The fraction of sp³-hybridized carbons (Fsp3) is 0.200. The van der Waals surface area contributed by atoms with Crippen molar-refractivity contribution in [1.29, 1.82) is 0 Å². The second kappa shape index (κ2) is 7.81. The minimum absolute atomic E-state index is 0.0505. The van der Waals surface area contributed by atoms with Gasteiger partial charge in [-0.25, -0.2) is 9.78 Å². The number of carbonyl (C=O) groups is 2. The highest BCUT2D eigenvalue weighted by Crippen LogP contribution is 2.43. The Bertz CT molecular complexity index is 1550. The lowest BCUT2D eigenvalue weighted by Crippen LogP contribution is -2.29. The first-order chi connectivity index (χ1) is 16.2. The largest absolute Gasteiger partial charge is 0.508 e. The molecule has 9 heteroatoms. The highest BCUT2D eigenvalue weighted by molar-refractivity contribution is 7.17. The third-order valence-corrected chi connectivity index (χ3v) is 7.19. The summed E-state index contributed by atoms with van der Waals surface area (Å²) in [6.07, 6.45) is 0. The van der Waals surface area contributed by atoms with Crippen LogP contribution in [-0.2, 0) is 4.74 Å². The van der Waals surface area contributed by atoms with Crippen LogP contribution in [0.5, 0.6) is 5.75 Å². The maximum absolute atomic E-state index is 13.7. The summed E-state index contributed by atoms with van der Waals surface area (Å²) in [4.78, 5) is 45.6. The van der Waals surface area contributed by atoms with E-state index in [4.69, 9.17) is 9.15 Å². The van der Waals surface area contributed by atoms with E-state index in [2.05, 4.69) is 4.98 Å². The van der Waals surface area contributed by atoms with E-state index in [0.717, 1.165) is 22.5 Å². The predicted octanol–water partition coefficient (Wildman–Crippen LogP) is 4.42. The zero-order valence-corrected chi connectivity index (χ0v) is 19.6. The van der Waals surface area contributed by atoms with Crippen LogP contribution in [-0.4, -0.2) is 29.1 Å². The minimum atomic E-state index is -0.846. The number of anilines is 1. The number of carbonyl (C=O) groups excluding carboxylic acids is 2. The Labute approximate surface area is 198 Å². The Balaban J connectivity index is 1.79. The van der Waals surface area contributed by atoms with Gasteiger partial charge in [-0.15, -0.1) is 0 Å². The molecule has 0 saturated carbocycles. The molecule has 0 radical (unpaired) electrons. The number of aromatic hydroxyl groups is 1. The van der Waals surface area contributed by atoms with Crippen molar-refractivity contribution in [1.82, 2.24) is 4.98 Å². The summed E-state index contributed by atoms with van der Waals surface area (Å²) in [7, 11) is 1.27.